The van der Waals surface area contributed by atoms with Crippen molar-refractivity contribution in [3.8, 4) is 11.6 Å². The van der Waals surface area contributed by atoms with Gasteiger partial charge in [-0.15, -0.1) is 5.10 Å². The second-order valence-corrected chi connectivity index (χ2v) is 4.09. The highest BCUT2D eigenvalue weighted by Crippen LogP contribution is 2.25. The van der Waals surface area contributed by atoms with Crippen LogP contribution in [0, 0.1) is 12.7 Å². The fourth-order valence-corrected chi connectivity index (χ4v) is 1.53. The molecule has 2 N–H and O–H groups in total. The van der Waals surface area contributed by atoms with E-state index in [0.29, 0.717) is 5.56 Å². The summed E-state index contributed by atoms with van der Waals surface area (Å²) in [6.45, 7) is 1.83. The van der Waals surface area contributed by atoms with Crippen LogP contribution in [0.3, 0.4) is 0 Å². The molecular weight excluding hydrogens is 253 g/mol. The van der Waals surface area contributed by atoms with Gasteiger partial charge in [0.2, 0.25) is 5.88 Å². The number of nitrogens with zero attached hydrogens (tertiary/aromatic N) is 2. The lowest BCUT2D eigenvalue weighted by Crippen LogP contribution is -2.12. The number of hydrogen-bond donors (Lipinski definition) is 1. The molecule has 0 aliphatic carbocycles. The first-order valence-electron chi connectivity index (χ1n) is 5.13. The van der Waals surface area contributed by atoms with Gasteiger partial charge in [0.25, 0.3) is 0 Å². The molecule has 6 heteroatoms. The molecule has 18 heavy (non-hydrogen) atoms. The Labute approximate surface area is 109 Å². The van der Waals surface area contributed by atoms with Crippen LogP contribution >= 0.6 is 12.2 Å². The minimum atomic E-state index is -0.486. The maximum atomic E-state index is 13.6. The normalized spacial score (nSPS) is 10.1. The minimum absolute atomic E-state index is 0.0630. The summed E-state index contributed by atoms with van der Waals surface area (Å²) < 4.78 is 18.9. The van der Waals surface area contributed by atoms with Crippen LogP contribution in [0.2, 0.25) is 0 Å². The Morgan fingerprint density at radius 2 is 2.17 bits per heavy atom. The van der Waals surface area contributed by atoms with Gasteiger partial charge in [-0.2, -0.15) is 5.10 Å². The molecule has 1 aromatic carbocycles. The number of aryl methyl sites for hydroxylation is 1. The van der Waals surface area contributed by atoms with Crippen molar-refractivity contribution >= 4 is 17.2 Å². The third-order valence-corrected chi connectivity index (χ3v) is 2.47. The molecule has 1 heterocycles. The first-order valence-corrected chi connectivity index (χ1v) is 5.54. The molecule has 0 amide bonds. The number of aromatic nitrogens is 2. The second kappa shape index (κ2) is 5.05. The molecule has 0 saturated carbocycles. The van der Waals surface area contributed by atoms with Gasteiger partial charge in [-0.3, -0.25) is 0 Å². The molecule has 0 spiro atoms. The monoisotopic (exact) mass is 263 g/mol. The van der Waals surface area contributed by atoms with Crippen LogP contribution in [-0.2, 0) is 0 Å². The van der Waals surface area contributed by atoms with Crippen molar-refractivity contribution < 1.29 is 9.13 Å². The first-order chi connectivity index (χ1) is 8.58. The Balaban J connectivity index is 2.40. The predicted octanol–water partition coefficient (Wildman–Crippen LogP) is 2.35. The van der Waals surface area contributed by atoms with E-state index in [4.69, 9.17) is 22.7 Å². The van der Waals surface area contributed by atoms with Gasteiger partial charge in [0.05, 0.1) is 11.8 Å². The standard InChI is InChI=1S/C12H10FN3OS/c1-7-2-3-9(13)10(6-7)17-12-8(11(14)18)4-5-15-16-12/h2-6H,1H3,(H2,14,18). The number of halogens is 1. The average molecular weight is 263 g/mol. The predicted molar refractivity (Wildman–Crippen MR) is 69.1 cm³/mol. The highest BCUT2D eigenvalue weighted by Gasteiger charge is 2.12. The summed E-state index contributed by atoms with van der Waals surface area (Å²) >= 11 is 4.86. The Kier molecular flexibility index (Phi) is 3.47. The van der Waals surface area contributed by atoms with Crippen molar-refractivity contribution in [1.82, 2.24) is 10.2 Å². The summed E-state index contributed by atoms with van der Waals surface area (Å²) in [6, 6.07) is 6.10. The molecule has 1 aromatic heterocycles. The average Bonchev–Trinajstić information content (AvgIpc) is 2.34. The van der Waals surface area contributed by atoms with Crippen LogP contribution in [0.15, 0.2) is 30.5 Å². The van der Waals surface area contributed by atoms with E-state index in [2.05, 4.69) is 10.2 Å². The van der Waals surface area contributed by atoms with Crippen molar-refractivity contribution in [1.29, 1.82) is 0 Å². The number of hydrogen-bond acceptors (Lipinski definition) is 4. The Bertz CT molecular complexity index is 604. The van der Waals surface area contributed by atoms with Crippen LogP contribution in [0.4, 0.5) is 4.39 Å². The summed E-state index contributed by atoms with van der Waals surface area (Å²) in [6.07, 6.45) is 1.44. The summed E-state index contributed by atoms with van der Waals surface area (Å²) in [7, 11) is 0. The lowest BCUT2D eigenvalue weighted by molar-refractivity contribution is 0.420. The maximum Gasteiger partial charge on any atom is 0.249 e. The SMILES string of the molecule is Cc1ccc(F)c(Oc2nnccc2C(N)=S)c1. The van der Waals surface area contributed by atoms with Crippen LogP contribution in [-0.4, -0.2) is 15.2 Å². The Hall–Kier alpha value is -2.08. The molecule has 0 radical (unpaired) electrons. The van der Waals surface area contributed by atoms with E-state index in [1.165, 1.54) is 12.3 Å². The van der Waals surface area contributed by atoms with E-state index in [1.807, 2.05) is 6.92 Å². The number of benzene rings is 1. The number of nitrogens with two attached hydrogens (primary N) is 1. The van der Waals surface area contributed by atoms with Gasteiger partial charge in [-0.25, -0.2) is 4.39 Å². The summed E-state index contributed by atoms with van der Waals surface area (Å²) in [5.74, 6) is -0.331. The van der Waals surface area contributed by atoms with Crippen molar-refractivity contribution in [2.45, 2.75) is 6.92 Å². The van der Waals surface area contributed by atoms with E-state index in [-0.39, 0.29) is 16.6 Å². The molecule has 0 fully saturated rings. The van der Waals surface area contributed by atoms with Gasteiger partial charge in [-0.1, -0.05) is 18.3 Å². The number of thiocarbonyl (C=S) groups is 1. The maximum absolute atomic E-state index is 13.6. The molecule has 0 aliphatic rings. The van der Waals surface area contributed by atoms with Gasteiger partial charge in [0.15, 0.2) is 11.6 Å². The summed E-state index contributed by atoms with van der Waals surface area (Å²) in [4.78, 5) is 0.118. The van der Waals surface area contributed by atoms with E-state index in [9.17, 15) is 4.39 Å². The molecule has 0 aliphatic heterocycles. The van der Waals surface area contributed by atoms with E-state index in [0.717, 1.165) is 5.56 Å². The van der Waals surface area contributed by atoms with Crippen LogP contribution in [0.25, 0.3) is 0 Å². The smallest absolute Gasteiger partial charge is 0.249 e. The number of rotatable bonds is 3. The number of ether oxygens (including phenoxy) is 1. The zero-order chi connectivity index (χ0) is 13.1. The largest absolute Gasteiger partial charge is 0.434 e. The van der Waals surface area contributed by atoms with Gasteiger partial charge >= 0.3 is 0 Å². The van der Waals surface area contributed by atoms with E-state index >= 15 is 0 Å². The van der Waals surface area contributed by atoms with Crippen molar-refractivity contribution in [2.24, 2.45) is 5.73 Å². The van der Waals surface area contributed by atoms with Gasteiger partial charge in [0, 0.05) is 0 Å². The third-order valence-electron chi connectivity index (χ3n) is 2.25. The van der Waals surface area contributed by atoms with E-state index in [1.54, 1.807) is 18.2 Å². The lowest BCUT2D eigenvalue weighted by Gasteiger charge is -2.09. The van der Waals surface area contributed by atoms with Crippen molar-refractivity contribution in [2.75, 3.05) is 0 Å². The first kappa shape index (κ1) is 12.4. The zero-order valence-corrected chi connectivity index (χ0v) is 10.4. The molecule has 0 atom stereocenters. The van der Waals surface area contributed by atoms with Crippen LogP contribution < -0.4 is 10.5 Å². The Morgan fingerprint density at radius 3 is 2.89 bits per heavy atom. The van der Waals surface area contributed by atoms with E-state index < -0.39 is 5.82 Å². The van der Waals surface area contributed by atoms with Crippen molar-refractivity contribution in [3.05, 3.63) is 47.4 Å². The topological polar surface area (TPSA) is 61.0 Å². The summed E-state index contributed by atoms with van der Waals surface area (Å²) in [5, 5.41) is 7.42. The Morgan fingerprint density at radius 1 is 1.39 bits per heavy atom. The molecule has 2 rings (SSSR count). The molecule has 0 saturated heterocycles. The fraction of sp³-hybridized carbons (Fsp3) is 0.0833. The zero-order valence-electron chi connectivity index (χ0n) is 9.55. The van der Waals surface area contributed by atoms with Crippen molar-refractivity contribution in [3.63, 3.8) is 0 Å². The molecule has 92 valence electrons. The van der Waals surface area contributed by atoms with Gasteiger partial charge < -0.3 is 10.5 Å². The van der Waals surface area contributed by atoms with Gasteiger partial charge in [-0.05, 0) is 30.7 Å². The fourth-order valence-electron chi connectivity index (χ4n) is 1.37. The van der Waals surface area contributed by atoms with Gasteiger partial charge in [0.1, 0.15) is 4.99 Å². The molecule has 0 unspecified atom stereocenters. The molecule has 0 bridgehead atoms. The quantitative estimate of drug-likeness (QED) is 0.861. The second-order valence-electron chi connectivity index (χ2n) is 3.65. The molecule has 2 aromatic rings. The van der Waals surface area contributed by atoms with Crippen LogP contribution in [0.5, 0.6) is 11.6 Å². The van der Waals surface area contributed by atoms with Crippen LogP contribution in [0.1, 0.15) is 11.1 Å². The highest BCUT2D eigenvalue weighted by molar-refractivity contribution is 7.80. The minimum Gasteiger partial charge on any atom is -0.434 e. The highest BCUT2D eigenvalue weighted by atomic mass is 32.1. The summed E-state index contributed by atoms with van der Waals surface area (Å²) in [5.41, 5.74) is 6.81. The molecule has 4 nitrogen and oxygen atoms in total. The third kappa shape index (κ3) is 2.60. The lowest BCUT2D eigenvalue weighted by atomic mass is 10.2. The molecular formula is C12H10FN3OS.